The lowest BCUT2D eigenvalue weighted by atomic mass is 10.3. The lowest BCUT2D eigenvalue weighted by Crippen LogP contribution is -1.92. The van der Waals surface area contributed by atoms with Crippen LogP contribution >= 0.6 is 11.6 Å². The molecule has 4 nitrogen and oxygen atoms in total. The maximum absolute atomic E-state index is 8.60. The van der Waals surface area contributed by atoms with Gasteiger partial charge in [0.1, 0.15) is 11.1 Å². The number of halogens is 1. The average molecular weight is 179 g/mol. The van der Waals surface area contributed by atoms with Gasteiger partial charge in [-0.15, -0.1) is 0 Å². The van der Waals surface area contributed by atoms with Crippen molar-refractivity contribution in [2.24, 2.45) is 0 Å². The Labute approximate surface area is 73.0 Å². The summed E-state index contributed by atoms with van der Waals surface area (Å²) >= 11 is 5.84. The first-order valence-corrected chi connectivity index (χ1v) is 3.58. The van der Waals surface area contributed by atoms with Crippen molar-refractivity contribution < 1.29 is 0 Å². The standard InChI is InChI=1S/C7H3ClN4/c8-6-5(3-9)4-11-12-2-1-10-7(6)12/h1-2,4H. The molecule has 0 aliphatic carbocycles. The van der Waals surface area contributed by atoms with E-state index in [1.807, 2.05) is 6.07 Å². The second-order valence-corrected chi connectivity index (χ2v) is 2.56. The molecule has 12 heavy (non-hydrogen) atoms. The molecule has 0 saturated carbocycles. The lowest BCUT2D eigenvalue weighted by Gasteiger charge is -1.95. The molecule has 0 bridgehead atoms. The number of aromatic nitrogens is 3. The summed E-state index contributed by atoms with van der Waals surface area (Å²) in [5, 5.41) is 12.9. The summed E-state index contributed by atoms with van der Waals surface area (Å²) in [6.07, 6.45) is 4.66. The van der Waals surface area contributed by atoms with E-state index < -0.39 is 0 Å². The second kappa shape index (κ2) is 2.47. The quantitative estimate of drug-likeness (QED) is 0.610. The highest BCUT2D eigenvalue weighted by Crippen LogP contribution is 2.17. The van der Waals surface area contributed by atoms with Crippen LogP contribution in [0.15, 0.2) is 18.6 Å². The van der Waals surface area contributed by atoms with E-state index in [0.29, 0.717) is 16.2 Å². The van der Waals surface area contributed by atoms with Gasteiger partial charge in [0, 0.05) is 12.4 Å². The third kappa shape index (κ3) is 0.840. The summed E-state index contributed by atoms with van der Waals surface area (Å²) in [6.45, 7) is 0. The topological polar surface area (TPSA) is 54.0 Å². The molecule has 2 aromatic heterocycles. The summed E-state index contributed by atoms with van der Waals surface area (Å²) in [7, 11) is 0. The van der Waals surface area contributed by atoms with Gasteiger partial charge in [-0.3, -0.25) is 0 Å². The number of hydrogen-bond donors (Lipinski definition) is 0. The third-order valence-electron chi connectivity index (χ3n) is 1.49. The minimum Gasteiger partial charge on any atom is -0.234 e. The Morgan fingerprint density at radius 3 is 3.17 bits per heavy atom. The van der Waals surface area contributed by atoms with Crippen LogP contribution in [0.4, 0.5) is 0 Å². The number of nitriles is 1. The normalized spacial score (nSPS) is 10.0. The molecule has 0 radical (unpaired) electrons. The highest BCUT2D eigenvalue weighted by molar-refractivity contribution is 6.34. The summed E-state index contributed by atoms with van der Waals surface area (Å²) in [4.78, 5) is 3.94. The molecular weight excluding hydrogens is 176 g/mol. The lowest BCUT2D eigenvalue weighted by molar-refractivity contribution is 0.932. The minimum absolute atomic E-state index is 0.343. The highest BCUT2D eigenvalue weighted by Gasteiger charge is 2.05. The van der Waals surface area contributed by atoms with Crippen LogP contribution in [0.1, 0.15) is 5.56 Å². The van der Waals surface area contributed by atoms with Gasteiger partial charge in [-0.05, 0) is 0 Å². The molecule has 0 aliphatic rings. The Bertz CT molecular complexity index is 468. The Morgan fingerprint density at radius 2 is 2.42 bits per heavy atom. The first kappa shape index (κ1) is 7.07. The van der Waals surface area contributed by atoms with Crippen molar-refractivity contribution in [3.8, 4) is 6.07 Å². The summed E-state index contributed by atoms with van der Waals surface area (Å²) < 4.78 is 1.52. The van der Waals surface area contributed by atoms with Crippen molar-refractivity contribution in [1.29, 1.82) is 5.26 Å². The van der Waals surface area contributed by atoms with Crippen LogP contribution in [0, 0.1) is 11.3 Å². The van der Waals surface area contributed by atoms with Crippen LogP contribution in [0.3, 0.4) is 0 Å². The van der Waals surface area contributed by atoms with Crippen LogP contribution in [0.5, 0.6) is 0 Å². The predicted octanol–water partition coefficient (Wildman–Crippen LogP) is 1.25. The zero-order valence-electron chi connectivity index (χ0n) is 5.90. The van der Waals surface area contributed by atoms with Crippen LogP contribution in [-0.2, 0) is 0 Å². The molecule has 58 valence electrons. The number of imidazole rings is 1. The smallest absolute Gasteiger partial charge is 0.173 e. The molecule has 0 N–H and O–H groups in total. The van der Waals surface area contributed by atoms with E-state index >= 15 is 0 Å². The number of rotatable bonds is 0. The van der Waals surface area contributed by atoms with Gasteiger partial charge in [0.15, 0.2) is 5.65 Å². The second-order valence-electron chi connectivity index (χ2n) is 2.18. The van der Waals surface area contributed by atoms with Gasteiger partial charge in [0.05, 0.1) is 11.8 Å². The van der Waals surface area contributed by atoms with Crippen LogP contribution < -0.4 is 0 Å². The van der Waals surface area contributed by atoms with E-state index in [-0.39, 0.29) is 0 Å². The largest absolute Gasteiger partial charge is 0.234 e. The fraction of sp³-hybridized carbons (Fsp3) is 0. The third-order valence-corrected chi connectivity index (χ3v) is 1.86. The Kier molecular flexibility index (Phi) is 1.45. The van der Waals surface area contributed by atoms with Gasteiger partial charge < -0.3 is 0 Å². The van der Waals surface area contributed by atoms with Crippen molar-refractivity contribution in [1.82, 2.24) is 14.6 Å². The number of hydrogen-bond acceptors (Lipinski definition) is 3. The fourth-order valence-corrected chi connectivity index (χ4v) is 1.15. The maximum Gasteiger partial charge on any atom is 0.173 e. The molecule has 0 aliphatic heterocycles. The van der Waals surface area contributed by atoms with E-state index in [1.165, 1.54) is 10.7 Å². The summed E-state index contributed by atoms with van der Waals surface area (Å²) in [6, 6.07) is 1.93. The van der Waals surface area contributed by atoms with E-state index in [2.05, 4.69) is 10.1 Å². The summed E-state index contributed by atoms with van der Waals surface area (Å²) in [5.74, 6) is 0. The van der Waals surface area contributed by atoms with Crippen molar-refractivity contribution in [3.63, 3.8) is 0 Å². The van der Waals surface area contributed by atoms with Gasteiger partial charge in [0.25, 0.3) is 0 Å². The van der Waals surface area contributed by atoms with E-state index in [4.69, 9.17) is 16.9 Å². The van der Waals surface area contributed by atoms with E-state index in [0.717, 1.165) is 0 Å². The Morgan fingerprint density at radius 1 is 1.58 bits per heavy atom. The summed E-state index contributed by atoms with van der Waals surface area (Å²) in [5.41, 5.74) is 0.853. The number of fused-ring (bicyclic) bond motifs is 1. The first-order valence-electron chi connectivity index (χ1n) is 3.21. The van der Waals surface area contributed by atoms with Crippen LogP contribution in [-0.4, -0.2) is 14.6 Å². The molecule has 0 amide bonds. The SMILES string of the molecule is N#Cc1cnn2ccnc2c1Cl. The minimum atomic E-state index is 0.343. The highest BCUT2D eigenvalue weighted by atomic mass is 35.5. The van der Waals surface area contributed by atoms with Crippen molar-refractivity contribution in [3.05, 3.63) is 29.2 Å². The van der Waals surface area contributed by atoms with E-state index in [1.54, 1.807) is 12.4 Å². The van der Waals surface area contributed by atoms with Crippen LogP contribution in [0.2, 0.25) is 5.02 Å². The molecule has 0 saturated heterocycles. The first-order chi connectivity index (χ1) is 5.83. The monoisotopic (exact) mass is 178 g/mol. The predicted molar refractivity (Wildman–Crippen MR) is 42.7 cm³/mol. The molecule has 0 unspecified atom stereocenters. The molecule has 2 rings (SSSR count). The molecule has 2 aromatic rings. The molecule has 0 atom stereocenters. The molecule has 0 aromatic carbocycles. The average Bonchev–Trinajstić information content (AvgIpc) is 2.53. The van der Waals surface area contributed by atoms with Gasteiger partial charge in [-0.2, -0.15) is 10.4 Å². The van der Waals surface area contributed by atoms with Crippen molar-refractivity contribution >= 4 is 17.2 Å². The zero-order chi connectivity index (χ0) is 8.55. The zero-order valence-corrected chi connectivity index (χ0v) is 6.65. The number of nitrogens with zero attached hydrogens (tertiary/aromatic N) is 4. The molecule has 0 fully saturated rings. The molecular formula is C7H3ClN4. The maximum atomic E-state index is 8.60. The molecule has 2 heterocycles. The van der Waals surface area contributed by atoms with E-state index in [9.17, 15) is 0 Å². The Hall–Kier alpha value is -1.60. The van der Waals surface area contributed by atoms with Gasteiger partial charge in [-0.25, -0.2) is 9.50 Å². The van der Waals surface area contributed by atoms with Crippen molar-refractivity contribution in [2.75, 3.05) is 0 Å². The van der Waals surface area contributed by atoms with Gasteiger partial charge >= 0.3 is 0 Å². The fourth-order valence-electron chi connectivity index (χ4n) is 0.922. The van der Waals surface area contributed by atoms with Gasteiger partial charge in [-0.1, -0.05) is 11.6 Å². The Balaban J connectivity index is 2.89. The molecule has 0 spiro atoms. The van der Waals surface area contributed by atoms with Crippen LogP contribution in [0.25, 0.3) is 5.65 Å². The molecule has 5 heteroatoms. The van der Waals surface area contributed by atoms with Gasteiger partial charge in [0.2, 0.25) is 0 Å². The van der Waals surface area contributed by atoms with Crippen molar-refractivity contribution in [2.45, 2.75) is 0 Å².